The average Bonchev–Trinajstić information content (AvgIpc) is 2.56. The molecule has 0 saturated carbocycles. The van der Waals surface area contributed by atoms with Gasteiger partial charge in [0.05, 0.1) is 23.9 Å². The fourth-order valence-electron chi connectivity index (χ4n) is 2.44. The van der Waals surface area contributed by atoms with Crippen molar-refractivity contribution in [3.8, 4) is 17.2 Å². The van der Waals surface area contributed by atoms with Crippen molar-refractivity contribution in [2.45, 2.75) is 6.92 Å². The van der Waals surface area contributed by atoms with Crippen LogP contribution in [0.15, 0.2) is 56.7 Å². The highest BCUT2D eigenvalue weighted by atomic mass is 16.5. The van der Waals surface area contributed by atoms with E-state index in [0.29, 0.717) is 22.4 Å². The number of phenols is 1. The summed E-state index contributed by atoms with van der Waals surface area (Å²) < 4.78 is 10.3. The first-order valence-electron chi connectivity index (χ1n) is 7.18. The predicted octanol–water partition coefficient (Wildman–Crippen LogP) is 3.35. The Labute approximate surface area is 137 Å². The van der Waals surface area contributed by atoms with E-state index in [1.165, 1.54) is 19.2 Å². The van der Waals surface area contributed by atoms with E-state index in [9.17, 15) is 15.0 Å². The lowest BCUT2D eigenvalue weighted by atomic mass is 10.1. The van der Waals surface area contributed by atoms with E-state index >= 15 is 0 Å². The smallest absolute Gasteiger partial charge is 0.349 e. The number of methoxy groups -OCH3 is 1. The van der Waals surface area contributed by atoms with Crippen LogP contribution in [0.25, 0.3) is 11.0 Å². The standard InChI is InChI=1S/C18H15NO5/c1-10(19-11-7-8-13(20)15(9-11)23-2)16-17(21)12-5-3-4-6-14(12)24-18(16)22/h3-9,20-21H,1-2H3. The van der Waals surface area contributed by atoms with Gasteiger partial charge in [-0.15, -0.1) is 0 Å². The Balaban J connectivity index is 2.15. The second-order valence-electron chi connectivity index (χ2n) is 5.16. The largest absolute Gasteiger partial charge is 0.506 e. The van der Waals surface area contributed by atoms with Crippen LogP contribution >= 0.6 is 0 Å². The Bertz CT molecular complexity index is 1000. The van der Waals surface area contributed by atoms with Gasteiger partial charge in [-0.3, -0.25) is 4.99 Å². The Morgan fingerprint density at radius 2 is 1.92 bits per heavy atom. The van der Waals surface area contributed by atoms with Gasteiger partial charge < -0.3 is 19.4 Å². The molecule has 0 amide bonds. The van der Waals surface area contributed by atoms with Gasteiger partial charge in [0.2, 0.25) is 0 Å². The van der Waals surface area contributed by atoms with E-state index in [1.807, 2.05) is 0 Å². The molecule has 1 aromatic heterocycles. The van der Waals surface area contributed by atoms with Crippen molar-refractivity contribution < 1.29 is 19.4 Å². The molecule has 0 saturated heterocycles. The van der Waals surface area contributed by atoms with Crippen molar-refractivity contribution in [2.24, 2.45) is 4.99 Å². The lowest BCUT2D eigenvalue weighted by Crippen LogP contribution is -2.12. The molecule has 3 aromatic rings. The lowest BCUT2D eigenvalue weighted by Gasteiger charge is -2.07. The number of rotatable bonds is 3. The topological polar surface area (TPSA) is 92.3 Å². The molecule has 0 radical (unpaired) electrons. The van der Waals surface area contributed by atoms with Gasteiger partial charge in [-0.25, -0.2) is 4.79 Å². The summed E-state index contributed by atoms with van der Waals surface area (Å²) >= 11 is 0. The number of ether oxygens (including phenoxy) is 1. The molecule has 122 valence electrons. The Kier molecular flexibility index (Phi) is 3.95. The molecular weight excluding hydrogens is 310 g/mol. The summed E-state index contributed by atoms with van der Waals surface area (Å²) in [6.45, 7) is 1.60. The zero-order valence-electron chi connectivity index (χ0n) is 13.1. The van der Waals surface area contributed by atoms with Crippen LogP contribution in [0.3, 0.4) is 0 Å². The van der Waals surface area contributed by atoms with Crippen LogP contribution in [-0.4, -0.2) is 23.0 Å². The first-order chi connectivity index (χ1) is 11.5. The molecule has 2 aromatic carbocycles. The first kappa shape index (κ1) is 15.6. The van der Waals surface area contributed by atoms with Crippen molar-refractivity contribution in [3.63, 3.8) is 0 Å². The maximum absolute atomic E-state index is 12.2. The molecule has 0 aliphatic heterocycles. The van der Waals surface area contributed by atoms with E-state index in [0.717, 1.165) is 0 Å². The van der Waals surface area contributed by atoms with Crippen LogP contribution in [0, 0.1) is 0 Å². The Morgan fingerprint density at radius 1 is 1.17 bits per heavy atom. The number of para-hydroxylation sites is 1. The molecule has 0 spiro atoms. The maximum atomic E-state index is 12.2. The molecule has 3 rings (SSSR count). The minimum atomic E-state index is -0.668. The minimum Gasteiger partial charge on any atom is -0.506 e. The van der Waals surface area contributed by atoms with Crippen molar-refractivity contribution in [3.05, 3.63) is 58.4 Å². The number of hydrogen-bond acceptors (Lipinski definition) is 6. The third-order valence-corrected chi connectivity index (χ3v) is 3.61. The van der Waals surface area contributed by atoms with Crippen LogP contribution in [-0.2, 0) is 0 Å². The van der Waals surface area contributed by atoms with E-state index < -0.39 is 5.63 Å². The zero-order valence-corrected chi connectivity index (χ0v) is 13.1. The van der Waals surface area contributed by atoms with Crippen LogP contribution in [0.1, 0.15) is 12.5 Å². The Morgan fingerprint density at radius 3 is 2.67 bits per heavy atom. The van der Waals surface area contributed by atoms with Crippen molar-refractivity contribution >= 4 is 22.4 Å². The summed E-state index contributed by atoms with van der Waals surface area (Å²) in [5.41, 5.74) is 0.399. The first-order valence-corrected chi connectivity index (χ1v) is 7.18. The van der Waals surface area contributed by atoms with Gasteiger partial charge in [0.15, 0.2) is 11.5 Å². The molecule has 0 bridgehead atoms. The third-order valence-electron chi connectivity index (χ3n) is 3.61. The van der Waals surface area contributed by atoms with Gasteiger partial charge >= 0.3 is 5.63 Å². The SMILES string of the molecule is COc1cc(N=C(C)c2c(O)c3ccccc3oc2=O)ccc1O. The van der Waals surface area contributed by atoms with Crippen LogP contribution in [0.2, 0.25) is 0 Å². The number of fused-ring (bicyclic) bond motifs is 1. The fraction of sp³-hybridized carbons (Fsp3) is 0.111. The van der Waals surface area contributed by atoms with E-state index in [-0.39, 0.29) is 22.8 Å². The van der Waals surface area contributed by atoms with Crippen molar-refractivity contribution in [1.29, 1.82) is 0 Å². The molecule has 0 fully saturated rings. The van der Waals surface area contributed by atoms with Gasteiger partial charge in [-0.05, 0) is 31.2 Å². The summed E-state index contributed by atoms with van der Waals surface area (Å²) in [6.07, 6.45) is 0. The number of benzene rings is 2. The van der Waals surface area contributed by atoms with Crippen molar-refractivity contribution in [1.82, 2.24) is 0 Å². The molecular formula is C18H15NO5. The number of aromatic hydroxyl groups is 2. The fourth-order valence-corrected chi connectivity index (χ4v) is 2.44. The molecule has 0 unspecified atom stereocenters. The van der Waals surface area contributed by atoms with Crippen molar-refractivity contribution in [2.75, 3.05) is 7.11 Å². The molecule has 24 heavy (non-hydrogen) atoms. The molecule has 6 heteroatoms. The molecule has 6 nitrogen and oxygen atoms in total. The van der Waals surface area contributed by atoms with Gasteiger partial charge in [0.1, 0.15) is 16.9 Å². The summed E-state index contributed by atoms with van der Waals surface area (Å²) in [6, 6.07) is 11.3. The highest BCUT2D eigenvalue weighted by Crippen LogP contribution is 2.31. The number of nitrogens with zero attached hydrogens (tertiary/aromatic N) is 1. The monoisotopic (exact) mass is 325 g/mol. The van der Waals surface area contributed by atoms with Gasteiger partial charge in [-0.1, -0.05) is 12.1 Å². The highest BCUT2D eigenvalue weighted by molar-refractivity contribution is 6.05. The number of phenolic OH excluding ortho intramolecular Hbond substituents is 1. The summed E-state index contributed by atoms with van der Waals surface area (Å²) in [7, 11) is 1.43. The molecule has 1 heterocycles. The highest BCUT2D eigenvalue weighted by Gasteiger charge is 2.16. The summed E-state index contributed by atoms with van der Waals surface area (Å²) in [5.74, 6) is 0.0785. The molecule has 0 atom stereocenters. The van der Waals surface area contributed by atoms with E-state index in [1.54, 1.807) is 37.3 Å². The average molecular weight is 325 g/mol. The maximum Gasteiger partial charge on any atom is 0.349 e. The van der Waals surface area contributed by atoms with Gasteiger partial charge in [-0.2, -0.15) is 0 Å². The lowest BCUT2D eigenvalue weighted by molar-refractivity contribution is 0.373. The normalized spacial score (nSPS) is 11.7. The number of hydrogen-bond donors (Lipinski definition) is 2. The van der Waals surface area contributed by atoms with Crippen LogP contribution < -0.4 is 10.4 Å². The predicted molar refractivity (Wildman–Crippen MR) is 90.7 cm³/mol. The second-order valence-corrected chi connectivity index (χ2v) is 5.16. The summed E-state index contributed by atoms with van der Waals surface area (Å²) in [4.78, 5) is 16.5. The molecule has 0 aliphatic carbocycles. The van der Waals surface area contributed by atoms with E-state index in [4.69, 9.17) is 9.15 Å². The molecule has 2 N–H and O–H groups in total. The van der Waals surface area contributed by atoms with Crippen LogP contribution in [0.4, 0.5) is 5.69 Å². The second kappa shape index (κ2) is 6.08. The van der Waals surface area contributed by atoms with Gasteiger partial charge in [0, 0.05) is 6.07 Å². The quantitative estimate of drug-likeness (QED) is 0.569. The van der Waals surface area contributed by atoms with Crippen LogP contribution in [0.5, 0.6) is 17.2 Å². The minimum absolute atomic E-state index is 0.000687. The number of aliphatic imine (C=N–C) groups is 1. The third kappa shape index (κ3) is 2.69. The van der Waals surface area contributed by atoms with E-state index in [2.05, 4.69) is 4.99 Å². The van der Waals surface area contributed by atoms with Gasteiger partial charge in [0.25, 0.3) is 0 Å². The Hall–Kier alpha value is -3.28. The zero-order chi connectivity index (χ0) is 17.3. The summed E-state index contributed by atoms with van der Waals surface area (Å²) in [5, 5.41) is 20.5. The molecule has 0 aliphatic rings.